The molecular formula is C40H57FN2O11. The first kappa shape index (κ1) is 43.0. The van der Waals surface area contributed by atoms with E-state index in [-0.39, 0.29) is 13.0 Å². The van der Waals surface area contributed by atoms with E-state index in [4.69, 9.17) is 28.4 Å². The Morgan fingerprint density at radius 2 is 1.70 bits per heavy atom. The Hall–Kier alpha value is -3.72. The molecule has 0 aromatic heterocycles. The van der Waals surface area contributed by atoms with Crippen molar-refractivity contribution in [2.45, 2.75) is 134 Å². The maximum Gasteiger partial charge on any atom is 0.408 e. The van der Waals surface area contributed by atoms with Crippen molar-refractivity contribution in [2.75, 3.05) is 20.7 Å². The van der Waals surface area contributed by atoms with Gasteiger partial charge in [-0.25, -0.2) is 14.0 Å². The number of nitrogens with one attached hydrogen (secondary N) is 1. The van der Waals surface area contributed by atoms with Gasteiger partial charge in [0.1, 0.15) is 12.0 Å². The molecule has 4 rings (SSSR count). The zero-order valence-electron chi connectivity index (χ0n) is 33.1. The van der Waals surface area contributed by atoms with Crippen LogP contribution in [0, 0.1) is 17.8 Å². The third kappa shape index (κ3) is 8.87. The molecule has 54 heavy (non-hydrogen) atoms. The summed E-state index contributed by atoms with van der Waals surface area (Å²) >= 11 is 0. The fraction of sp³-hybridized carbons (Fsp3) is 0.675. The Kier molecular flexibility index (Phi) is 13.5. The molecule has 3 heterocycles. The molecule has 1 amide bonds. The number of cyclic esters (lactones) is 1. The molecular weight excluding hydrogens is 703 g/mol. The highest BCUT2D eigenvalue weighted by Crippen LogP contribution is 2.42. The van der Waals surface area contributed by atoms with Crippen LogP contribution in [0.4, 0.5) is 9.18 Å². The quantitative estimate of drug-likeness (QED) is 0.156. The first-order valence-corrected chi connectivity index (χ1v) is 18.7. The first-order valence-electron chi connectivity index (χ1n) is 18.7. The van der Waals surface area contributed by atoms with Crippen LogP contribution in [0.15, 0.2) is 43.0 Å². The third-order valence-electron chi connectivity index (χ3n) is 11.2. The second-order valence-electron chi connectivity index (χ2n) is 15.8. The predicted octanol–water partition coefficient (Wildman–Crippen LogP) is 4.99. The Balaban J connectivity index is 1.86. The number of alkyl carbamates (subject to hydrolysis) is 1. The van der Waals surface area contributed by atoms with Gasteiger partial charge in [0.15, 0.2) is 35.2 Å². The Labute approximate surface area is 317 Å². The summed E-state index contributed by atoms with van der Waals surface area (Å²) in [7, 11) is 3.66. The van der Waals surface area contributed by atoms with Crippen LogP contribution < -0.4 is 5.32 Å². The van der Waals surface area contributed by atoms with Crippen LogP contribution in [-0.2, 0) is 42.8 Å². The number of nitrogens with zero attached hydrogens (tertiary/aromatic N) is 1. The van der Waals surface area contributed by atoms with Crippen LogP contribution in [0.25, 0.3) is 0 Å². The summed E-state index contributed by atoms with van der Waals surface area (Å²) in [5.74, 6) is -6.75. The van der Waals surface area contributed by atoms with Crippen LogP contribution in [0.3, 0.4) is 0 Å². The number of hydrogen-bond acceptors (Lipinski definition) is 12. The van der Waals surface area contributed by atoms with Crippen molar-refractivity contribution in [1.29, 1.82) is 0 Å². The number of fused-ring (bicyclic) bond motifs is 1. The lowest BCUT2D eigenvalue weighted by molar-refractivity contribution is -0.297. The van der Waals surface area contributed by atoms with E-state index in [1.54, 1.807) is 37.3 Å². The molecule has 0 unspecified atom stereocenters. The number of carbonyl (C=O) groups is 5. The second kappa shape index (κ2) is 17.0. The molecule has 13 atom stereocenters. The highest BCUT2D eigenvalue weighted by molar-refractivity contribution is 6.00. The van der Waals surface area contributed by atoms with Crippen LogP contribution in [0.1, 0.15) is 85.0 Å². The minimum Gasteiger partial charge on any atom is -0.458 e. The predicted molar refractivity (Wildman–Crippen MR) is 195 cm³/mol. The molecule has 3 aliphatic heterocycles. The summed E-state index contributed by atoms with van der Waals surface area (Å²) in [5, 5.41) is 2.63. The smallest absolute Gasteiger partial charge is 0.408 e. The summed E-state index contributed by atoms with van der Waals surface area (Å²) < 4.78 is 54.3. The van der Waals surface area contributed by atoms with Crippen molar-refractivity contribution in [3.8, 4) is 0 Å². The maximum atomic E-state index is 17.3. The minimum atomic E-state index is -2.63. The van der Waals surface area contributed by atoms with E-state index in [0.717, 1.165) is 6.92 Å². The van der Waals surface area contributed by atoms with E-state index >= 15 is 4.39 Å². The van der Waals surface area contributed by atoms with Gasteiger partial charge in [0, 0.05) is 18.3 Å². The van der Waals surface area contributed by atoms with E-state index in [0.29, 0.717) is 12.0 Å². The molecule has 0 saturated carbocycles. The van der Waals surface area contributed by atoms with E-state index < -0.39 is 113 Å². The highest BCUT2D eigenvalue weighted by Gasteiger charge is 2.60. The van der Waals surface area contributed by atoms with Gasteiger partial charge in [-0.1, -0.05) is 45.0 Å². The lowest BCUT2D eigenvalue weighted by Crippen LogP contribution is -2.62. The number of rotatable bonds is 9. The lowest BCUT2D eigenvalue weighted by atomic mass is 9.72. The molecule has 1 aromatic rings. The largest absolute Gasteiger partial charge is 0.458 e. The number of amides is 1. The molecule has 3 fully saturated rings. The summed E-state index contributed by atoms with van der Waals surface area (Å²) in [6.45, 7) is 15.7. The van der Waals surface area contributed by atoms with Crippen molar-refractivity contribution in [2.24, 2.45) is 17.8 Å². The molecule has 3 saturated heterocycles. The van der Waals surface area contributed by atoms with Crippen molar-refractivity contribution < 1.29 is 56.8 Å². The molecule has 3 aliphatic rings. The van der Waals surface area contributed by atoms with E-state index in [1.807, 2.05) is 25.9 Å². The number of hydrogen-bond donors (Lipinski definition) is 1. The number of esters is 2. The molecule has 1 N–H and O–H groups in total. The van der Waals surface area contributed by atoms with Crippen LogP contribution in [0.5, 0.6) is 0 Å². The molecule has 0 spiro atoms. The monoisotopic (exact) mass is 760 g/mol. The topological polar surface area (TPSA) is 156 Å². The van der Waals surface area contributed by atoms with E-state index in [1.165, 1.54) is 40.7 Å². The van der Waals surface area contributed by atoms with E-state index in [9.17, 15) is 24.0 Å². The van der Waals surface area contributed by atoms with Gasteiger partial charge in [-0.15, -0.1) is 6.58 Å². The van der Waals surface area contributed by atoms with Gasteiger partial charge >= 0.3 is 18.0 Å². The fourth-order valence-corrected chi connectivity index (χ4v) is 8.28. The molecule has 13 nitrogen and oxygen atoms in total. The van der Waals surface area contributed by atoms with Gasteiger partial charge in [0.25, 0.3) is 0 Å². The van der Waals surface area contributed by atoms with Crippen LogP contribution in [0.2, 0.25) is 0 Å². The Morgan fingerprint density at radius 1 is 1.06 bits per heavy atom. The normalized spacial score (nSPS) is 39.5. The molecule has 0 radical (unpaired) electrons. The van der Waals surface area contributed by atoms with Crippen molar-refractivity contribution in [1.82, 2.24) is 10.2 Å². The maximum absolute atomic E-state index is 17.3. The van der Waals surface area contributed by atoms with Gasteiger partial charge < -0.3 is 38.6 Å². The number of alkyl halides is 1. The van der Waals surface area contributed by atoms with E-state index in [2.05, 4.69) is 11.9 Å². The molecule has 1 aromatic carbocycles. The van der Waals surface area contributed by atoms with Gasteiger partial charge in [-0.05, 0) is 73.7 Å². The average Bonchev–Trinajstić information content (AvgIpc) is 3.44. The summed E-state index contributed by atoms with van der Waals surface area (Å²) in [4.78, 5) is 70.5. The lowest BCUT2D eigenvalue weighted by Gasteiger charge is -2.48. The molecule has 300 valence electrons. The average molecular weight is 761 g/mol. The summed E-state index contributed by atoms with van der Waals surface area (Å²) in [6.07, 6.45) is -4.66. The van der Waals surface area contributed by atoms with Crippen LogP contribution in [-0.4, -0.2) is 115 Å². The number of halogens is 1. The van der Waals surface area contributed by atoms with Gasteiger partial charge in [0.2, 0.25) is 0 Å². The number of ketones is 2. The second-order valence-corrected chi connectivity index (χ2v) is 15.8. The van der Waals surface area contributed by atoms with Gasteiger partial charge in [0.05, 0.1) is 42.1 Å². The van der Waals surface area contributed by atoms with Gasteiger partial charge in [-0.3, -0.25) is 14.4 Å². The number of ether oxygens (including phenoxy) is 6. The number of Topliss-reactive ketones (excluding diaryl/α,β-unsaturated/α-hetero) is 2. The van der Waals surface area contributed by atoms with Crippen molar-refractivity contribution in [3.63, 3.8) is 0 Å². The molecule has 0 aliphatic carbocycles. The highest BCUT2D eigenvalue weighted by atomic mass is 19.1. The molecule has 0 bridgehead atoms. The first-order chi connectivity index (χ1) is 25.2. The van der Waals surface area contributed by atoms with Crippen molar-refractivity contribution >= 4 is 29.6 Å². The summed E-state index contributed by atoms with van der Waals surface area (Å²) in [5.41, 5.74) is -5.67. The zero-order valence-corrected chi connectivity index (χ0v) is 33.1. The third-order valence-corrected chi connectivity index (χ3v) is 11.2. The Bertz CT molecular complexity index is 1550. The Morgan fingerprint density at radius 3 is 2.30 bits per heavy atom. The summed E-state index contributed by atoms with van der Waals surface area (Å²) in [6, 6.07) is 6.90. The number of benzene rings is 1. The SMILES string of the molecule is C=CCO[C@]1(C)C[C@](C)(F)C(=O)[C@H](C)[C@H]2NC(=O)O[C@]2(C)[C@@H](CC)OC(=O)[C@H](C)C(=O)[C@H](C)[C@H]1O[C@@H]1O[C@H](C)C[C@H](N(C)C)[C@H]1OC(=O)c1ccccc1. The fourth-order valence-electron chi connectivity index (χ4n) is 8.28. The molecule has 14 heteroatoms. The minimum absolute atomic E-state index is 0.133. The number of likely N-dealkylation sites (N-methyl/N-ethyl adjacent to an activating group) is 1. The number of carbonyl (C=O) groups excluding carboxylic acids is 5. The van der Waals surface area contributed by atoms with Crippen LogP contribution >= 0.6 is 0 Å². The zero-order chi connectivity index (χ0) is 40.3. The standard InChI is InChI=1S/C40H57FN2O11/c1-12-19-49-39(8)21-38(7,41)32(45)25(6)31-40(9,54-37(48)42-31)28(13-2)51-34(46)24(5)29(44)23(4)33(39)53-36-30(27(43(10)11)20-22(3)50-36)52-35(47)26-17-15-14-16-18-26/h12,14-18,22-25,27-28,30-31,33,36H,1,13,19-21H2,2-11H3,(H,42,48)/t22-,23+,24-,25-,27+,28-,30-,31-,33-,36+,38+,39-,40-/m1/s1. The van der Waals surface area contributed by atoms with Gasteiger partial charge in [-0.2, -0.15) is 0 Å². The van der Waals surface area contributed by atoms with Crippen molar-refractivity contribution in [3.05, 3.63) is 48.6 Å².